The maximum absolute atomic E-state index is 12.4. The predicted octanol–water partition coefficient (Wildman–Crippen LogP) is 1.51. The van der Waals surface area contributed by atoms with Crippen LogP contribution in [0.5, 0.6) is 0 Å². The molecule has 1 fully saturated rings. The number of hydrogen-bond acceptors (Lipinski definition) is 5. The molecule has 0 saturated carbocycles. The molecule has 0 aliphatic carbocycles. The minimum absolute atomic E-state index is 0.102. The number of aliphatic hydroxyl groups is 1. The van der Waals surface area contributed by atoms with Gasteiger partial charge < -0.3 is 10.0 Å². The van der Waals surface area contributed by atoms with Gasteiger partial charge in [-0.1, -0.05) is 6.07 Å². The van der Waals surface area contributed by atoms with Gasteiger partial charge in [0.15, 0.2) is 0 Å². The van der Waals surface area contributed by atoms with Crippen molar-refractivity contribution in [3.05, 3.63) is 39.3 Å². The van der Waals surface area contributed by atoms with Crippen molar-refractivity contribution >= 4 is 17.2 Å². The lowest BCUT2D eigenvalue weighted by Gasteiger charge is -2.34. The first-order chi connectivity index (χ1) is 11.6. The van der Waals surface area contributed by atoms with Gasteiger partial charge in [-0.15, -0.1) is 11.3 Å². The topological polar surface area (TPSA) is 61.6 Å². The van der Waals surface area contributed by atoms with Crippen molar-refractivity contribution < 1.29 is 9.90 Å². The van der Waals surface area contributed by atoms with E-state index in [1.54, 1.807) is 0 Å². The molecule has 0 unspecified atom stereocenters. The van der Waals surface area contributed by atoms with E-state index in [1.807, 2.05) is 34.0 Å². The van der Waals surface area contributed by atoms with E-state index < -0.39 is 0 Å². The number of piperazine rings is 1. The minimum atomic E-state index is 0.102. The molecule has 2 aromatic rings. The van der Waals surface area contributed by atoms with Crippen LogP contribution < -0.4 is 0 Å². The van der Waals surface area contributed by atoms with Crippen LogP contribution >= 0.6 is 11.3 Å². The third kappa shape index (κ3) is 3.53. The third-order valence-electron chi connectivity index (χ3n) is 4.62. The molecule has 130 valence electrons. The fourth-order valence-electron chi connectivity index (χ4n) is 3.16. The van der Waals surface area contributed by atoms with Crippen molar-refractivity contribution in [3.8, 4) is 0 Å². The van der Waals surface area contributed by atoms with E-state index in [1.165, 1.54) is 16.9 Å². The third-order valence-corrected chi connectivity index (χ3v) is 5.47. The fraction of sp³-hybridized carbons (Fsp3) is 0.529. The molecule has 3 heterocycles. The summed E-state index contributed by atoms with van der Waals surface area (Å²) in [6.07, 6.45) is 0. The Morgan fingerprint density at radius 3 is 2.67 bits per heavy atom. The van der Waals surface area contributed by atoms with Gasteiger partial charge in [0.25, 0.3) is 5.91 Å². The molecule has 6 nitrogen and oxygen atoms in total. The van der Waals surface area contributed by atoms with Crippen LogP contribution in [0.3, 0.4) is 0 Å². The van der Waals surface area contributed by atoms with Crippen LogP contribution in [0.2, 0.25) is 0 Å². The number of amides is 1. The summed E-state index contributed by atoms with van der Waals surface area (Å²) in [7, 11) is 0. The fourth-order valence-corrected chi connectivity index (χ4v) is 3.85. The molecular formula is C17H24N4O2S. The number of hydrogen-bond donors (Lipinski definition) is 1. The Balaban J connectivity index is 1.59. The van der Waals surface area contributed by atoms with Crippen molar-refractivity contribution in [2.75, 3.05) is 32.8 Å². The van der Waals surface area contributed by atoms with E-state index in [-0.39, 0.29) is 12.5 Å². The average Bonchev–Trinajstić information content (AvgIpc) is 3.20. The molecule has 1 aliphatic heterocycles. The van der Waals surface area contributed by atoms with E-state index in [0.717, 1.165) is 49.0 Å². The Bertz CT molecular complexity index is 688. The monoisotopic (exact) mass is 348 g/mol. The number of carbonyl (C=O) groups is 1. The van der Waals surface area contributed by atoms with E-state index in [2.05, 4.69) is 16.9 Å². The second kappa shape index (κ2) is 7.46. The normalized spacial score (nSPS) is 15.9. The van der Waals surface area contributed by atoms with Crippen LogP contribution in [0.1, 0.15) is 26.6 Å². The van der Waals surface area contributed by atoms with Crippen LogP contribution in [-0.4, -0.2) is 63.4 Å². The molecule has 2 aromatic heterocycles. The molecule has 1 amide bonds. The molecule has 3 rings (SSSR count). The van der Waals surface area contributed by atoms with Crippen molar-refractivity contribution in [1.82, 2.24) is 19.6 Å². The molecule has 0 bridgehead atoms. The first-order valence-corrected chi connectivity index (χ1v) is 9.17. The van der Waals surface area contributed by atoms with Gasteiger partial charge in [-0.05, 0) is 25.3 Å². The first-order valence-electron chi connectivity index (χ1n) is 8.29. The molecular weight excluding hydrogens is 324 g/mol. The van der Waals surface area contributed by atoms with Crippen LogP contribution in [-0.2, 0) is 13.1 Å². The summed E-state index contributed by atoms with van der Waals surface area (Å²) in [5, 5.41) is 15.6. The van der Waals surface area contributed by atoms with Crippen molar-refractivity contribution in [2.24, 2.45) is 0 Å². The van der Waals surface area contributed by atoms with Crippen LogP contribution in [0.4, 0.5) is 0 Å². The zero-order chi connectivity index (χ0) is 17.1. The maximum Gasteiger partial charge on any atom is 0.264 e. The molecule has 1 aliphatic rings. The Hall–Kier alpha value is -1.70. The molecule has 24 heavy (non-hydrogen) atoms. The van der Waals surface area contributed by atoms with E-state index in [9.17, 15) is 4.79 Å². The van der Waals surface area contributed by atoms with E-state index >= 15 is 0 Å². The van der Waals surface area contributed by atoms with Crippen LogP contribution in [0.25, 0.3) is 0 Å². The van der Waals surface area contributed by atoms with Gasteiger partial charge in [-0.2, -0.15) is 5.10 Å². The molecule has 0 radical (unpaired) electrons. The summed E-state index contributed by atoms with van der Waals surface area (Å²) in [5.74, 6) is 0.146. The zero-order valence-electron chi connectivity index (χ0n) is 14.2. The van der Waals surface area contributed by atoms with Gasteiger partial charge in [0.1, 0.15) is 0 Å². The molecule has 0 atom stereocenters. The van der Waals surface area contributed by atoms with Gasteiger partial charge in [0, 0.05) is 44.0 Å². The number of aliphatic hydroxyl groups excluding tert-OH is 1. The van der Waals surface area contributed by atoms with Crippen LogP contribution in [0, 0.1) is 13.8 Å². The highest BCUT2D eigenvalue weighted by Gasteiger charge is 2.24. The standard InChI is InChI=1S/C17H24N4O2S/c1-13-15(14(2)21(18-13)9-10-22)12-19-5-7-20(8-6-19)17(23)16-4-3-11-24-16/h3-4,11,22H,5-10,12H2,1-2H3. The lowest BCUT2D eigenvalue weighted by atomic mass is 10.1. The van der Waals surface area contributed by atoms with E-state index in [4.69, 9.17) is 5.11 Å². The Labute approximate surface area is 146 Å². The zero-order valence-corrected chi connectivity index (χ0v) is 15.1. The Kier molecular flexibility index (Phi) is 5.33. The van der Waals surface area contributed by atoms with Crippen molar-refractivity contribution in [1.29, 1.82) is 0 Å². The highest BCUT2D eigenvalue weighted by Crippen LogP contribution is 2.18. The second-order valence-electron chi connectivity index (χ2n) is 6.14. The lowest BCUT2D eigenvalue weighted by Crippen LogP contribution is -2.48. The molecule has 7 heteroatoms. The molecule has 0 aromatic carbocycles. The highest BCUT2D eigenvalue weighted by molar-refractivity contribution is 7.12. The molecule has 0 spiro atoms. The predicted molar refractivity (Wildman–Crippen MR) is 94.3 cm³/mol. The van der Waals surface area contributed by atoms with E-state index in [0.29, 0.717) is 6.54 Å². The quantitative estimate of drug-likeness (QED) is 0.890. The maximum atomic E-state index is 12.4. The average molecular weight is 348 g/mol. The number of aromatic nitrogens is 2. The smallest absolute Gasteiger partial charge is 0.264 e. The van der Waals surface area contributed by atoms with Crippen molar-refractivity contribution in [2.45, 2.75) is 26.9 Å². The number of thiophene rings is 1. The Morgan fingerprint density at radius 2 is 2.04 bits per heavy atom. The minimum Gasteiger partial charge on any atom is -0.394 e. The van der Waals surface area contributed by atoms with Gasteiger partial charge in [0.05, 0.1) is 23.7 Å². The van der Waals surface area contributed by atoms with Crippen molar-refractivity contribution in [3.63, 3.8) is 0 Å². The summed E-state index contributed by atoms with van der Waals surface area (Å²) in [5.41, 5.74) is 3.39. The number of nitrogens with zero attached hydrogens (tertiary/aromatic N) is 4. The van der Waals surface area contributed by atoms with Gasteiger partial charge in [-0.3, -0.25) is 14.4 Å². The van der Waals surface area contributed by atoms with Gasteiger partial charge in [0.2, 0.25) is 0 Å². The summed E-state index contributed by atoms with van der Waals surface area (Å²) in [4.78, 5) is 17.5. The number of carbonyl (C=O) groups excluding carboxylic acids is 1. The molecule has 1 N–H and O–H groups in total. The second-order valence-corrected chi connectivity index (χ2v) is 7.09. The first kappa shape index (κ1) is 17.1. The van der Waals surface area contributed by atoms with Gasteiger partial charge >= 0.3 is 0 Å². The van der Waals surface area contributed by atoms with Crippen LogP contribution in [0.15, 0.2) is 17.5 Å². The Morgan fingerprint density at radius 1 is 1.29 bits per heavy atom. The lowest BCUT2D eigenvalue weighted by molar-refractivity contribution is 0.0632. The summed E-state index contributed by atoms with van der Waals surface area (Å²) in [6.45, 7) is 8.85. The molecule has 1 saturated heterocycles. The summed E-state index contributed by atoms with van der Waals surface area (Å²) >= 11 is 1.50. The largest absolute Gasteiger partial charge is 0.394 e. The number of aryl methyl sites for hydroxylation is 1. The number of rotatable bonds is 5. The summed E-state index contributed by atoms with van der Waals surface area (Å²) in [6, 6.07) is 3.81. The summed E-state index contributed by atoms with van der Waals surface area (Å²) < 4.78 is 1.88. The van der Waals surface area contributed by atoms with Gasteiger partial charge in [-0.25, -0.2) is 0 Å². The highest BCUT2D eigenvalue weighted by atomic mass is 32.1. The SMILES string of the molecule is Cc1nn(CCO)c(C)c1CN1CCN(C(=O)c2cccs2)CC1.